The number of aliphatic carboxylic acids is 1. The molecule has 1 aliphatic carbocycles. The summed E-state index contributed by atoms with van der Waals surface area (Å²) < 4.78 is 5.13. The van der Waals surface area contributed by atoms with Gasteiger partial charge in [0.15, 0.2) is 0 Å². The van der Waals surface area contributed by atoms with Crippen LogP contribution in [0.4, 0.5) is 0 Å². The number of hydrogen-bond acceptors (Lipinski definition) is 3. The minimum atomic E-state index is -0.756. The highest BCUT2D eigenvalue weighted by molar-refractivity contribution is 5.77. The fraction of sp³-hybridized carbons (Fsp3) is 0.556. The van der Waals surface area contributed by atoms with Crippen LogP contribution in [0, 0.1) is 5.92 Å². The lowest BCUT2D eigenvalue weighted by molar-refractivity contribution is -0.146. The first kappa shape index (κ1) is 17.3. The van der Waals surface area contributed by atoms with Crippen LogP contribution in [0.1, 0.15) is 44.1 Å². The smallest absolute Gasteiger partial charge is 0.306 e. The van der Waals surface area contributed by atoms with Crippen molar-refractivity contribution in [2.24, 2.45) is 5.92 Å². The van der Waals surface area contributed by atoms with E-state index in [1.54, 1.807) is 7.11 Å². The molecule has 0 aliphatic heterocycles. The van der Waals surface area contributed by atoms with Crippen LogP contribution in [-0.4, -0.2) is 30.1 Å². The number of aryl methyl sites for hydroxylation is 1. The number of carboxylic acid groups (broad SMARTS) is 1. The molecular weight excluding hydrogens is 294 g/mol. The van der Waals surface area contributed by atoms with Crippen LogP contribution in [0.15, 0.2) is 24.3 Å². The lowest BCUT2D eigenvalue weighted by Crippen LogP contribution is -2.46. The first-order chi connectivity index (χ1) is 11.1. The van der Waals surface area contributed by atoms with Crippen molar-refractivity contribution >= 4 is 11.9 Å². The predicted molar refractivity (Wildman–Crippen MR) is 87.5 cm³/mol. The van der Waals surface area contributed by atoms with Gasteiger partial charge in [-0.15, -0.1) is 0 Å². The zero-order valence-electron chi connectivity index (χ0n) is 13.6. The van der Waals surface area contributed by atoms with Gasteiger partial charge in [-0.25, -0.2) is 0 Å². The Kier molecular flexibility index (Phi) is 6.44. The molecule has 1 fully saturated rings. The summed E-state index contributed by atoms with van der Waals surface area (Å²) in [6, 6.07) is 8.13. The summed E-state index contributed by atoms with van der Waals surface area (Å²) in [7, 11) is 1.66. The quantitative estimate of drug-likeness (QED) is 0.686. The number of benzene rings is 1. The molecule has 2 rings (SSSR count). The Morgan fingerprint density at radius 3 is 2.48 bits per heavy atom. The Labute approximate surface area is 137 Å². The van der Waals surface area contributed by atoms with E-state index in [-0.39, 0.29) is 17.9 Å². The van der Waals surface area contributed by atoms with Gasteiger partial charge in [-0.1, -0.05) is 18.6 Å². The number of unbranched alkanes of at least 4 members (excludes halogenated alkanes) is 2. The van der Waals surface area contributed by atoms with E-state index < -0.39 is 5.97 Å². The van der Waals surface area contributed by atoms with E-state index >= 15 is 0 Å². The maximum Gasteiger partial charge on any atom is 0.306 e. The molecule has 1 aromatic carbocycles. The van der Waals surface area contributed by atoms with Crippen LogP contribution in [0.5, 0.6) is 5.75 Å². The lowest BCUT2D eigenvalue weighted by Gasteiger charge is -2.32. The van der Waals surface area contributed by atoms with E-state index in [0.717, 1.165) is 31.4 Å². The molecule has 23 heavy (non-hydrogen) atoms. The van der Waals surface area contributed by atoms with Gasteiger partial charge in [0.25, 0.3) is 0 Å². The molecule has 0 aromatic heterocycles. The summed E-state index contributed by atoms with van der Waals surface area (Å²) in [6.07, 6.45) is 5.62. The van der Waals surface area contributed by atoms with Crippen molar-refractivity contribution in [3.63, 3.8) is 0 Å². The average molecular weight is 319 g/mol. The lowest BCUT2D eigenvalue weighted by atomic mass is 9.80. The molecule has 1 saturated carbocycles. The van der Waals surface area contributed by atoms with Gasteiger partial charge in [0.05, 0.1) is 13.0 Å². The standard InChI is InChI=1S/C18H25NO4/c1-23-16-9-7-13(8-10-16)5-3-2-4-6-17(20)19-15-11-14(12-15)18(21)22/h7-10,14-15H,2-6,11-12H2,1H3,(H,19,20)(H,21,22). The van der Waals surface area contributed by atoms with Crippen molar-refractivity contribution in [3.05, 3.63) is 29.8 Å². The van der Waals surface area contributed by atoms with Crippen LogP contribution in [0.25, 0.3) is 0 Å². The Hall–Kier alpha value is -2.04. The largest absolute Gasteiger partial charge is 0.497 e. The Morgan fingerprint density at radius 1 is 1.17 bits per heavy atom. The van der Waals surface area contributed by atoms with E-state index in [9.17, 15) is 9.59 Å². The van der Waals surface area contributed by atoms with Crippen LogP contribution in [0.3, 0.4) is 0 Å². The second kappa shape index (κ2) is 8.56. The van der Waals surface area contributed by atoms with Gasteiger partial charge in [-0.2, -0.15) is 0 Å². The minimum Gasteiger partial charge on any atom is -0.497 e. The maximum atomic E-state index is 11.8. The fourth-order valence-corrected chi connectivity index (χ4v) is 2.82. The highest BCUT2D eigenvalue weighted by Gasteiger charge is 2.34. The number of nitrogens with one attached hydrogen (secondary N) is 1. The number of rotatable bonds is 9. The SMILES string of the molecule is COc1ccc(CCCCCC(=O)NC2CC(C(=O)O)C2)cc1. The van der Waals surface area contributed by atoms with E-state index in [4.69, 9.17) is 9.84 Å². The number of amides is 1. The molecule has 5 nitrogen and oxygen atoms in total. The monoisotopic (exact) mass is 319 g/mol. The minimum absolute atomic E-state index is 0.0447. The number of hydrogen-bond donors (Lipinski definition) is 2. The van der Waals surface area contributed by atoms with Gasteiger partial charge in [0.1, 0.15) is 5.75 Å². The number of carbonyl (C=O) groups is 2. The van der Waals surface area contributed by atoms with Crippen LogP contribution < -0.4 is 10.1 Å². The molecule has 0 radical (unpaired) electrons. The van der Waals surface area contributed by atoms with Crippen molar-refractivity contribution in [1.29, 1.82) is 0 Å². The zero-order valence-corrected chi connectivity index (χ0v) is 13.6. The number of carbonyl (C=O) groups excluding carboxylic acids is 1. The van der Waals surface area contributed by atoms with E-state index in [1.165, 1.54) is 5.56 Å². The molecule has 0 saturated heterocycles. The van der Waals surface area contributed by atoms with Crippen molar-refractivity contribution in [2.75, 3.05) is 7.11 Å². The molecule has 2 N–H and O–H groups in total. The molecule has 0 spiro atoms. The molecular formula is C18H25NO4. The molecule has 1 aromatic rings. The van der Waals surface area contributed by atoms with Gasteiger partial charge < -0.3 is 15.2 Å². The zero-order chi connectivity index (χ0) is 16.7. The molecule has 0 heterocycles. The molecule has 0 bridgehead atoms. The topological polar surface area (TPSA) is 75.6 Å². The van der Waals surface area contributed by atoms with Crippen LogP contribution in [0.2, 0.25) is 0 Å². The molecule has 5 heteroatoms. The van der Waals surface area contributed by atoms with Crippen molar-refractivity contribution in [2.45, 2.75) is 51.0 Å². The summed E-state index contributed by atoms with van der Waals surface area (Å²) in [4.78, 5) is 22.4. The van der Waals surface area contributed by atoms with Crippen LogP contribution >= 0.6 is 0 Å². The molecule has 1 aliphatic rings. The van der Waals surface area contributed by atoms with Crippen molar-refractivity contribution in [3.8, 4) is 5.75 Å². The summed E-state index contributed by atoms with van der Waals surface area (Å²) in [5, 5.41) is 11.7. The van der Waals surface area contributed by atoms with Gasteiger partial charge in [-0.05, 0) is 49.8 Å². The summed E-state index contributed by atoms with van der Waals surface area (Å²) in [5.74, 6) is -0.117. The second-order valence-electron chi connectivity index (χ2n) is 6.18. The van der Waals surface area contributed by atoms with E-state index in [1.807, 2.05) is 12.1 Å². The normalized spacial score (nSPS) is 19.7. The fourth-order valence-electron chi connectivity index (χ4n) is 2.82. The summed E-state index contributed by atoms with van der Waals surface area (Å²) in [5.41, 5.74) is 1.28. The highest BCUT2D eigenvalue weighted by atomic mass is 16.5. The molecule has 1 amide bonds. The van der Waals surface area contributed by atoms with Gasteiger partial charge in [0.2, 0.25) is 5.91 Å². The van der Waals surface area contributed by atoms with E-state index in [2.05, 4.69) is 17.4 Å². The van der Waals surface area contributed by atoms with Gasteiger partial charge in [-0.3, -0.25) is 9.59 Å². The van der Waals surface area contributed by atoms with Crippen molar-refractivity contribution in [1.82, 2.24) is 5.32 Å². The average Bonchev–Trinajstić information content (AvgIpc) is 2.50. The van der Waals surface area contributed by atoms with Crippen molar-refractivity contribution < 1.29 is 19.4 Å². The molecule has 0 atom stereocenters. The number of carboxylic acids is 1. The predicted octanol–water partition coefficient (Wildman–Crippen LogP) is 2.78. The summed E-state index contributed by atoms with van der Waals surface area (Å²) in [6.45, 7) is 0. The molecule has 126 valence electrons. The second-order valence-corrected chi connectivity index (χ2v) is 6.18. The Balaban J connectivity index is 1.51. The third-order valence-electron chi connectivity index (χ3n) is 4.38. The van der Waals surface area contributed by atoms with Gasteiger partial charge >= 0.3 is 5.97 Å². The number of methoxy groups -OCH3 is 1. The third-order valence-corrected chi connectivity index (χ3v) is 4.38. The first-order valence-corrected chi connectivity index (χ1v) is 8.23. The highest BCUT2D eigenvalue weighted by Crippen LogP contribution is 2.27. The maximum absolute atomic E-state index is 11.8. The van der Waals surface area contributed by atoms with E-state index in [0.29, 0.717) is 19.3 Å². The first-order valence-electron chi connectivity index (χ1n) is 8.23. The van der Waals surface area contributed by atoms with Crippen LogP contribution in [-0.2, 0) is 16.0 Å². The Bertz CT molecular complexity index is 520. The Morgan fingerprint density at radius 2 is 1.87 bits per heavy atom. The molecule has 0 unspecified atom stereocenters. The van der Waals surface area contributed by atoms with Gasteiger partial charge in [0, 0.05) is 12.5 Å². The third kappa shape index (κ3) is 5.58. The number of ether oxygens (including phenoxy) is 1. The summed E-state index contributed by atoms with van der Waals surface area (Å²) >= 11 is 0.